The average Bonchev–Trinajstić information content (AvgIpc) is 2.62. The normalized spacial score (nSPS) is 13.2. The van der Waals surface area contributed by atoms with E-state index in [0.717, 1.165) is 0 Å². The number of nitrogens with one attached hydrogen (secondary N) is 2. The summed E-state index contributed by atoms with van der Waals surface area (Å²) in [5, 5.41) is 5.38. The van der Waals surface area contributed by atoms with E-state index in [9.17, 15) is 22.8 Å². The Labute approximate surface area is 193 Å². The SMILES string of the molecule is COc1ccc(CCNC(=O)[C@@H](CC(C)(C)C)NC(=O)OC(C)(C)C)cc1OCC(F)(F)F. The molecule has 33 heavy (non-hydrogen) atoms. The fourth-order valence-corrected chi connectivity index (χ4v) is 2.87. The van der Waals surface area contributed by atoms with Crippen molar-refractivity contribution in [2.45, 2.75) is 72.2 Å². The largest absolute Gasteiger partial charge is 0.493 e. The van der Waals surface area contributed by atoms with Gasteiger partial charge in [0.25, 0.3) is 0 Å². The summed E-state index contributed by atoms with van der Waals surface area (Å²) < 4.78 is 52.6. The maximum Gasteiger partial charge on any atom is 0.422 e. The summed E-state index contributed by atoms with van der Waals surface area (Å²) in [7, 11) is 1.34. The van der Waals surface area contributed by atoms with Crippen molar-refractivity contribution in [1.82, 2.24) is 10.6 Å². The van der Waals surface area contributed by atoms with Crippen molar-refractivity contribution in [2.75, 3.05) is 20.3 Å². The van der Waals surface area contributed by atoms with Gasteiger partial charge < -0.3 is 24.8 Å². The molecule has 1 aromatic rings. The van der Waals surface area contributed by atoms with Gasteiger partial charge in [0.15, 0.2) is 18.1 Å². The number of carbonyl (C=O) groups excluding carboxylic acids is 2. The molecule has 0 heterocycles. The van der Waals surface area contributed by atoms with Gasteiger partial charge in [0.05, 0.1) is 7.11 Å². The second kappa shape index (κ2) is 11.5. The lowest BCUT2D eigenvalue weighted by Gasteiger charge is -2.27. The Bertz CT molecular complexity index is 799. The molecule has 1 atom stereocenters. The third-order valence-electron chi connectivity index (χ3n) is 4.16. The number of hydrogen-bond donors (Lipinski definition) is 2. The van der Waals surface area contributed by atoms with Gasteiger partial charge in [-0.05, 0) is 56.7 Å². The Balaban J connectivity index is 2.77. The number of ether oxygens (including phenoxy) is 3. The highest BCUT2D eigenvalue weighted by molar-refractivity contribution is 5.85. The molecule has 0 aliphatic carbocycles. The molecule has 0 saturated heterocycles. The molecular weight excluding hydrogens is 441 g/mol. The lowest BCUT2D eigenvalue weighted by molar-refractivity contribution is -0.153. The summed E-state index contributed by atoms with van der Waals surface area (Å²) in [6, 6.07) is 3.83. The number of alkyl halides is 3. The van der Waals surface area contributed by atoms with E-state index >= 15 is 0 Å². The summed E-state index contributed by atoms with van der Waals surface area (Å²) in [5.74, 6) is -0.229. The van der Waals surface area contributed by atoms with Crippen LogP contribution in [0.5, 0.6) is 11.5 Å². The van der Waals surface area contributed by atoms with Crippen molar-refractivity contribution in [3.8, 4) is 11.5 Å². The number of benzene rings is 1. The fraction of sp³-hybridized carbons (Fsp3) is 0.652. The molecule has 2 N–H and O–H groups in total. The van der Waals surface area contributed by atoms with Crippen LogP contribution in [0.25, 0.3) is 0 Å². The summed E-state index contributed by atoms with van der Waals surface area (Å²) in [6.45, 7) is 9.80. The summed E-state index contributed by atoms with van der Waals surface area (Å²) in [6.07, 6.45) is -4.44. The first-order valence-electron chi connectivity index (χ1n) is 10.6. The summed E-state index contributed by atoms with van der Waals surface area (Å²) >= 11 is 0. The van der Waals surface area contributed by atoms with Crippen molar-refractivity contribution >= 4 is 12.0 Å². The number of amides is 2. The third-order valence-corrected chi connectivity index (χ3v) is 4.16. The van der Waals surface area contributed by atoms with E-state index in [1.165, 1.54) is 19.2 Å². The van der Waals surface area contributed by atoms with Gasteiger partial charge in [0.2, 0.25) is 5.91 Å². The van der Waals surface area contributed by atoms with Crippen LogP contribution in [-0.4, -0.2) is 50.1 Å². The van der Waals surface area contributed by atoms with Crippen LogP contribution >= 0.6 is 0 Å². The smallest absolute Gasteiger partial charge is 0.422 e. The molecule has 0 fully saturated rings. The highest BCUT2D eigenvalue weighted by Crippen LogP contribution is 2.30. The van der Waals surface area contributed by atoms with Crippen molar-refractivity contribution in [3.63, 3.8) is 0 Å². The van der Waals surface area contributed by atoms with Crippen molar-refractivity contribution in [3.05, 3.63) is 23.8 Å². The highest BCUT2D eigenvalue weighted by atomic mass is 19.4. The number of rotatable bonds is 9. The Morgan fingerprint density at radius 2 is 1.67 bits per heavy atom. The maximum atomic E-state index is 12.7. The van der Waals surface area contributed by atoms with Gasteiger partial charge >= 0.3 is 12.3 Å². The zero-order chi connectivity index (χ0) is 25.4. The van der Waals surface area contributed by atoms with Gasteiger partial charge in [-0.2, -0.15) is 13.2 Å². The standard InChI is InChI=1S/C23H35F3N2O5/c1-21(2,3)13-16(28-20(30)33-22(4,5)6)19(29)27-11-10-15-8-9-17(31-7)18(12-15)32-14-23(24,25)26/h8-9,12,16H,10-11,13-14H2,1-7H3,(H,27,29)(H,28,30)/t16-/m1/s1. The molecular formula is C23H35F3N2O5. The van der Waals surface area contributed by atoms with Gasteiger partial charge in [-0.15, -0.1) is 0 Å². The minimum Gasteiger partial charge on any atom is -0.493 e. The third kappa shape index (κ3) is 12.2. The van der Waals surface area contributed by atoms with E-state index in [1.54, 1.807) is 26.8 Å². The second-order valence-corrected chi connectivity index (χ2v) is 9.89. The lowest BCUT2D eigenvalue weighted by atomic mass is 9.88. The Morgan fingerprint density at radius 1 is 1.03 bits per heavy atom. The van der Waals surface area contributed by atoms with Gasteiger partial charge in [-0.3, -0.25) is 4.79 Å². The summed E-state index contributed by atoms with van der Waals surface area (Å²) in [4.78, 5) is 24.9. The fourth-order valence-electron chi connectivity index (χ4n) is 2.87. The number of hydrogen-bond acceptors (Lipinski definition) is 5. The first-order chi connectivity index (χ1) is 15.0. The second-order valence-electron chi connectivity index (χ2n) is 9.89. The van der Waals surface area contributed by atoms with E-state index in [0.29, 0.717) is 18.4 Å². The predicted octanol–water partition coefficient (Wildman–Crippen LogP) is 4.62. The predicted molar refractivity (Wildman–Crippen MR) is 118 cm³/mol. The first-order valence-corrected chi connectivity index (χ1v) is 10.6. The molecule has 0 bridgehead atoms. The molecule has 0 aromatic heterocycles. The van der Waals surface area contributed by atoms with E-state index < -0.39 is 30.5 Å². The van der Waals surface area contributed by atoms with E-state index in [4.69, 9.17) is 14.2 Å². The molecule has 10 heteroatoms. The molecule has 0 aliphatic heterocycles. The molecule has 0 aliphatic rings. The molecule has 0 spiro atoms. The zero-order valence-corrected chi connectivity index (χ0v) is 20.3. The number of carbonyl (C=O) groups is 2. The molecule has 0 saturated carbocycles. The minimum atomic E-state index is -4.47. The molecule has 188 valence electrons. The summed E-state index contributed by atoms with van der Waals surface area (Å²) in [5.41, 5.74) is -0.286. The minimum absolute atomic E-state index is 0.0316. The highest BCUT2D eigenvalue weighted by Gasteiger charge is 2.30. The van der Waals surface area contributed by atoms with E-state index in [-0.39, 0.29) is 29.4 Å². The van der Waals surface area contributed by atoms with Gasteiger partial charge in [0.1, 0.15) is 11.6 Å². The van der Waals surface area contributed by atoms with Gasteiger partial charge in [0, 0.05) is 6.54 Å². The Kier molecular flexibility index (Phi) is 9.87. The van der Waals surface area contributed by atoms with Gasteiger partial charge in [-0.25, -0.2) is 4.79 Å². The zero-order valence-electron chi connectivity index (χ0n) is 20.3. The molecule has 0 radical (unpaired) electrons. The lowest BCUT2D eigenvalue weighted by Crippen LogP contribution is -2.50. The molecule has 2 amide bonds. The first kappa shape index (κ1) is 28.4. The monoisotopic (exact) mass is 476 g/mol. The van der Waals surface area contributed by atoms with E-state index in [2.05, 4.69) is 10.6 Å². The number of halogens is 3. The molecule has 7 nitrogen and oxygen atoms in total. The van der Waals surface area contributed by atoms with Crippen molar-refractivity contribution in [1.29, 1.82) is 0 Å². The van der Waals surface area contributed by atoms with Crippen molar-refractivity contribution in [2.24, 2.45) is 5.41 Å². The molecule has 0 unspecified atom stereocenters. The van der Waals surface area contributed by atoms with Crippen molar-refractivity contribution < 1.29 is 37.0 Å². The number of alkyl carbamates (subject to hydrolysis) is 1. The molecule has 1 aromatic carbocycles. The molecule has 1 rings (SSSR count). The van der Waals surface area contributed by atoms with Crippen LogP contribution in [0.4, 0.5) is 18.0 Å². The number of methoxy groups -OCH3 is 1. The van der Waals surface area contributed by atoms with Crippen LogP contribution in [0, 0.1) is 5.41 Å². The van der Waals surface area contributed by atoms with Crippen LogP contribution in [-0.2, 0) is 16.0 Å². The van der Waals surface area contributed by atoms with Crippen LogP contribution in [0.1, 0.15) is 53.5 Å². The van der Waals surface area contributed by atoms with Crippen LogP contribution < -0.4 is 20.1 Å². The quantitative estimate of drug-likeness (QED) is 0.543. The maximum absolute atomic E-state index is 12.7. The van der Waals surface area contributed by atoms with Crippen LogP contribution in [0.15, 0.2) is 18.2 Å². The van der Waals surface area contributed by atoms with E-state index in [1.807, 2.05) is 20.8 Å². The Morgan fingerprint density at radius 3 is 2.18 bits per heavy atom. The van der Waals surface area contributed by atoms with Crippen LogP contribution in [0.2, 0.25) is 0 Å². The topological polar surface area (TPSA) is 85.9 Å². The van der Waals surface area contributed by atoms with Crippen LogP contribution in [0.3, 0.4) is 0 Å². The Hall–Kier alpha value is -2.65. The van der Waals surface area contributed by atoms with Gasteiger partial charge in [-0.1, -0.05) is 26.8 Å². The average molecular weight is 477 g/mol.